The number of ether oxygens (including phenoxy) is 1. The van der Waals surface area contributed by atoms with Crippen molar-refractivity contribution in [3.63, 3.8) is 0 Å². The van der Waals surface area contributed by atoms with Crippen molar-refractivity contribution in [2.24, 2.45) is 0 Å². The zero-order valence-corrected chi connectivity index (χ0v) is 12.5. The van der Waals surface area contributed by atoms with Crippen molar-refractivity contribution in [3.05, 3.63) is 26.5 Å². The monoisotopic (exact) mass is 331 g/mol. The molecule has 0 aliphatic rings. The van der Waals surface area contributed by atoms with Crippen LogP contribution in [0.2, 0.25) is 0 Å². The number of halogens is 1. The van der Waals surface area contributed by atoms with Crippen LogP contribution in [0.5, 0.6) is 0 Å². The SMILES string of the molecule is COC(=O)Cc1csc(-c2cc(Br)c(C)s2)n1. The van der Waals surface area contributed by atoms with E-state index in [0.29, 0.717) is 0 Å². The Kier molecular flexibility index (Phi) is 3.96. The number of carbonyl (C=O) groups is 1. The Labute approximate surface area is 116 Å². The van der Waals surface area contributed by atoms with E-state index >= 15 is 0 Å². The molecule has 0 aliphatic carbocycles. The van der Waals surface area contributed by atoms with Crippen molar-refractivity contribution in [1.82, 2.24) is 4.98 Å². The Balaban J connectivity index is 2.20. The molecular formula is C11H10BrNO2S2. The van der Waals surface area contributed by atoms with Crippen LogP contribution in [-0.4, -0.2) is 18.1 Å². The molecule has 0 atom stereocenters. The zero-order valence-electron chi connectivity index (χ0n) is 9.32. The maximum absolute atomic E-state index is 11.1. The van der Waals surface area contributed by atoms with Gasteiger partial charge in [0.25, 0.3) is 0 Å². The fraction of sp³-hybridized carbons (Fsp3) is 0.273. The smallest absolute Gasteiger partial charge is 0.311 e. The third kappa shape index (κ3) is 2.94. The highest BCUT2D eigenvalue weighted by atomic mass is 79.9. The van der Waals surface area contributed by atoms with Gasteiger partial charge in [-0.1, -0.05) is 0 Å². The summed E-state index contributed by atoms with van der Waals surface area (Å²) in [4.78, 5) is 17.9. The van der Waals surface area contributed by atoms with Crippen LogP contribution in [0.4, 0.5) is 0 Å². The minimum atomic E-state index is -0.259. The Hall–Kier alpha value is -0.720. The molecule has 17 heavy (non-hydrogen) atoms. The van der Waals surface area contributed by atoms with Gasteiger partial charge >= 0.3 is 5.97 Å². The summed E-state index contributed by atoms with van der Waals surface area (Å²) in [6, 6.07) is 2.06. The number of carbonyl (C=O) groups excluding carboxylic acids is 1. The van der Waals surface area contributed by atoms with E-state index in [2.05, 4.69) is 38.6 Å². The van der Waals surface area contributed by atoms with Crippen molar-refractivity contribution >= 4 is 44.6 Å². The predicted molar refractivity (Wildman–Crippen MR) is 73.6 cm³/mol. The van der Waals surface area contributed by atoms with Crippen LogP contribution in [0.3, 0.4) is 0 Å². The molecule has 0 saturated carbocycles. The normalized spacial score (nSPS) is 10.5. The van der Waals surface area contributed by atoms with Gasteiger partial charge in [0.1, 0.15) is 5.01 Å². The molecule has 0 spiro atoms. The first-order valence-electron chi connectivity index (χ1n) is 4.87. The maximum atomic E-state index is 11.1. The molecule has 0 amide bonds. The van der Waals surface area contributed by atoms with Crippen molar-refractivity contribution < 1.29 is 9.53 Å². The summed E-state index contributed by atoms with van der Waals surface area (Å²) < 4.78 is 5.71. The molecule has 2 aromatic heterocycles. The second kappa shape index (κ2) is 5.29. The lowest BCUT2D eigenvalue weighted by Crippen LogP contribution is -2.04. The molecule has 6 heteroatoms. The van der Waals surface area contributed by atoms with Gasteiger partial charge in [-0.15, -0.1) is 22.7 Å². The van der Waals surface area contributed by atoms with E-state index in [4.69, 9.17) is 0 Å². The van der Waals surface area contributed by atoms with E-state index in [1.54, 1.807) is 22.7 Å². The molecule has 0 fully saturated rings. The zero-order chi connectivity index (χ0) is 12.4. The molecule has 0 bridgehead atoms. The molecule has 90 valence electrons. The topological polar surface area (TPSA) is 39.2 Å². The summed E-state index contributed by atoms with van der Waals surface area (Å²) in [5.41, 5.74) is 0.763. The van der Waals surface area contributed by atoms with Crippen LogP contribution in [-0.2, 0) is 16.0 Å². The summed E-state index contributed by atoms with van der Waals surface area (Å²) >= 11 is 6.72. The lowest BCUT2D eigenvalue weighted by atomic mass is 10.3. The van der Waals surface area contributed by atoms with Gasteiger partial charge in [0.2, 0.25) is 0 Å². The van der Waals surface area contributed by atoms with E-state index in [9.17, 15) is 4.79 Å². The first-order valence-corrected chi connectivity index (χ1v) is 7.36. The molecule has 0 aromatic carbocycles. The minimum absolute atomic E-state index is 0.235. The fourth-order valence-corrected chi connectivity index (χ4v) is 3.70. The Morgan fingerprint density at radius 2 is 2.35 bits per heavy atom. The molecule has 0 N–H and O–H groups in total. The number of hydrogen-bond acceptors (Lipinski definition) is 5. The summed E-state index contributed by atoms with van der Waals surface area (Å²) in [6.45, 7) is 2.06. The second-order valence-corrected chi connectivity index (χ2v) is 6.38. The summed E-state index contributed by atoms with van der Waals surface area (Å²) in [6.07, 6.45) is 0.235. The molecular weight excluding hydrogens is 322 g/mol. The average Bonchev–Trinajstić information content (AvgIpc) is 2.87. The predicted octanol–water partition coefficient (Wildman–Crippen LogP) is 3.66. The van der Waals surface area contributed by atoms with Crippen LogP contribution in [0.1, 0.15) is 10.6 Å². The van der Waals surface area contributed by atoms with Crippen LogP contribution in [0.25, 0.3) is 9.88 Å². The number of esters is 1. The fourth-order valence-electron chi connectivity index (χ4n) is 1.29. The minimum Gasteiger partial charge on any atom is -0.469 e. The molecule has 0 aliphatic heterocycles. The van der Waals surface area contributed by atoms with Crippen molar-refractivity contribution in [3.8, 4) is 9.88 Å². The number of methoxy groups -OCH3 is 1. The standard InChI is InChI=1S/C11H10BrNO2S2/c1-6-8(12)4-9(17-6)11-13-7(5-16-11)3-10(14)15-2/h4-5H,3H2,1-2H3. The van der Waals surface area contributed by atoms with Gasteiger partial charge in [-0.3, -0.25) is 4.79 Å². The van der Waals surface area contributed by atoms with Crippen LogP contribution in [0, 0.1) is 6.92 Å². The number of aryl methyl sites for hydroxylation is 1. The van der Waals surface area contributed by atoms with E-state index < -0.39 is 0 Å². The van der Waals surface area contributed by atoms with Gasteiger partial charge in [-0.25, -0.2) is 4.98 Å². The third-order valence-electron chi connectivity index (χ3n) is 2.17. The molecule has 2 heterocycles. The highest BCUT2D eigenvalue weighted by Crippen LogP contribution is 2.35. The number of rotatable bonds is 3. The van der Waals surface area contributed by atoms with Gasteiger partial charge < -0.3 is 4.74 Å². The van der Waals surface area contributed by atoms with Gasteiger partial charge in [0.15, 0.2) is 0 Å². The lowest BCUT2D eigenvalue weighted by Gasteiger charge is -1.93. The van der Waals surface area contributed by atoms with Crippen molar-refractivity contribution in [2.45, 2.75) is 13.3 Å². The summed E-state index contributed by atoms with van der Waals surface area (Å²) in [5.74, 6) is -0.259. The third-order valence-corrected chi connectivity index (χ3v) is 5.37. The average molecular weight is 332 g/mol. The lowest BCUT2D eigenvalue weighted by molar-refractivity contribution is -0.139. The molecule has 2 rings (SSSR count). The Bertz CT molecular complexity index is 528. The van der Waals surface area contributed by atoms with Crippen LogP contribution < -0.4 is 0 Å². The van der Waals surface area contributed by atoms with E-state index in [-0.39, 0.29) is 12.4 Å². The maximum Gasteiger partial charge on any atom is 0.311 e. The van der Waals surface area contributed by atoms with Gasteiger partial charge in [0, 0.05) is 14.7 Å². The first kappa shape index (κ1) is 12.7. The first-order chi connectivity index (χ1) is 8.10. The Morgan fingerprint density at radius 1 is 1.59 bits per heavy atom. The molecule has 0 unspecified atom stereocenters. The number of nitrogens with zero attached hydrogens (tertiary/aromatic N) is 1. The largest absolute Gasteiger partial charge is 0.469 e. The second-order valence-electron chi connectivity index (χ2n) is 3.41. The Morgan fingerprint density at radius 3 is 2.94 bits per heavy atom. The number of aromatic nitrogens is 1. The molecule has 3 nitrogen and oxygen atoms in total. The van der Waals surface area contributed by atoms with Crippen molar-refractivity contribution in [1.29, 1.82) is 0 Å². The van der Waals surface area contributed by atoms with Gasteiger partial charge in [-0.05, 0) is 28.9 Å². The molecule has 0 saturated heterocycles. The summed E-state index contributed by atoms with van der Waals surface area (Å²) in [7, 11) is 1.38. The van der Waals surface area contributed by atoms with Crippen LogP contribution in [0.15, 0.2) is 15.9 Å². The van der Waals surface area contributed by atoms with Gasteiger partial charge in [-0.2, -0.15) is 0 Å². The van der Waals surface area contributed by atoms with Crippen molar-refractivity contribution in [2.75, 3.05) is 7.11 Å². The summed E-state index contributed by atoms with van der Waals surface area (Å²) in [5, 5.41) is 2.84. The number of thiophene rings is 1. The molecule has 0 radical (unpaired) electrons. The highest BCUT2D eigenvalue weighted by molar-refractivity contribution is 9.10. The number of hydrogen-bond donors (Lipinski definition) is 0. The number of thiazole rings is 1. The quantitative estimate of drug-likeness (QED) is 0.805. The van der Waals surface area contributed by atoms with Crippen LogP contribution >= 0.6 is 38.6 Å². The van der Waals surface area contributed by atoms with E-state index in [1.165, 1.54) is 12.0 Å². The van der Waals surface area contributed by atoms with Gasteiger partial charge in [0.05, 0.1) is 24.1 Å². The highest BCUT2D eigenvalue weighted by Gasteiger charge is 2.11. The molecule has 2 aromatic rings. The van der Waals surface area contributed by atoms with E-state index in [1.807, 2.05) is 5.38 Å². The van der Waals surface area contributed by atoms with E-state index in [0.717, 1.165) is 20.1 Å².